The van der Waals surface area contributed by atoms with Crippen LogP contribution in [0.1, 0.15) is 10.5 Å². The molecule has 1 aromatic carbocycles. The van der Waals surface area contributed by atoms with E-state index in [-0.39, 0.29) is 0 Å². The molecule has 0 radical (unpaired) electrons. The average Bonchev–Trinajstić information content (AvgIpc) is 2.61. The fraction of sp³-hybridized carbons (Fsp3) is 0.0833. The first-order valence-corrected chi connectivity index (χ1v) is 4.48. The summed E-state index contributed by atoms with van der Waals surface area (Å²) in [5, 5.41) is 0. The maximum Gasteiger partial charge on any atom is 0.166 e. The molecule has 0 aliphatic rings. The highest BCUT2D eigenvalue weighted by Gasteiger charge is 2.02. The molecule has 1 aromatic heterocycles. The number of carbonyl (C=O) groups excluding carboxylic acids is 1. The van der Waals surface area contributed by atoms with Crippen LogP contribution in [0.4, 0.5) is 0 Å². The summed E-state index contributed by atoms with van der Waals surface area (Å²) in [6.45, 7) is 0. The van der Waals surface area contributed by atoms with E-state index in [4.69, 9.17) is 0 Å². The zero-order chi connectivity index (χ0) is 9.97. The molecule has 0 N–H and O–H groups in total. The third kappa shape index (κ3) is 1.46. The van der Waals surface area contributed by atoms with Crippen molar-refractivity contribution in [2.75, 3.05) is 0 Å². The largest absolute Gasteiger partial charge is 0.348 e. The molecule has 2 aromatic rings. The Balaban J connectivity index is 2.48. The number of hydrogen-bond donors (Lipinski definition) is 0. The van der Waals surface area contributed by atoms with Gasteiger partial charge in [0.2, 0.25) is 0 Å². The first kappa shape index (κ1) is 8.75. The second-order valence-electron chi connectivity index (χ2n) is 3.25. The minimum Gasteiger partial charge on any atom is -0.348 e. The van der Waals surface area contributed by atoms with E-state index in [0.29, 0.717) is 5.69 Å². The van der Waals surface area contributed by atoms with Gasteiger partial charge in [0.25, 0.3) is 0 Å². The van der Waals surface area contributed by atoms with Gasteiger partial charge in [0.15, 0.2) is 6.29 Å². The molecule has 0 aliphatic heterocycles. The van der Waals surface area contributed by atoms with E-state index in [1.807, 2.05) is 54.2 Å². The Bertz CT molecular complexity index is 443. The maximum absolute atomic E-state index is 10.7. The molecule has 1 heterocycles. The van der Waals surface area contributed by atoms with Gasteiger partial charge in [-0.25, -0.2) is 0 Å². The van der Waals surface area contributed by atoms with Crippen LogP contribution in [-0.4, -0.2) is 10.9 Å². The number of rotatable bonds is 2. The lowest BCUT2D eigenvalue weighted by molar-refractivity contribution is 0.111. The lowest BCUT2D eigenvalue weighted by atomic mass is 10.1. The summed E-state index contributed by atoms with van der Waals surface area (Å²) in [6, 6.07) is 11.9. The van der Waals surface area contributed by atoms with Crippen molar-refractivity contribution in [2.24, 2.45) is 7.05 Å². The summed E-state index contributed by atoms with van der Waals surface area (Å²) in [5.74, 6) is 0. The van der Waals surface area contributed by atoms with Crippen LogP contribution in [-0.2, 0) is 7.05 Å². The highest BCUT2D eigenvalue weighted by molar-refractivity contribution is 5.77. The Kier molecular flexibility index (Phi) is 2.19. The van der Waals surface area contributed by atoms with Crippen molar-refractivity contribution >= 4 is 6.29 Å². The van der Waals surface area contributed by atoms with Crippen molar-refractivity contribution in [3.05, 3.63) is 48.3 Å². The number of benzene rings is 1. The molecule has 2 nitrogen and oxygen atoms in total. The second kappa shape index (κ2) is 3.50. The number of hydrogen-bond acceptors (Lipinski definition) is 1. The first-order valence-electron chi connectivity index (χ1n) is 4.48. The molecule has 2 rings (SSSR count). The summed E-state index contributed by atoms with van der Waals surface area (Å²) >= 11 is 0. The smallest absolute Gasteiger partial charge is 0.166 e. The standard InChI is InChI=1S/C12H11NO/c1-13-8-11(7-12(13)9-14)10-5-3-2-4-6-10/h2-9H,1H3. The molecule has 2 heteroatoms. The normalized spacial score (nSPS) is 10.1. The molecule has 0 unspecified atom stereocenters. The first-order chi connectivity index (χ1) is 6.81. The molecular weight excluding hydrogens is 174 g/mol. The van der Waals surface area contributed by atoms with Gasteiger partial charge in [-0.1, -0.05) is 30.3 Å². The lowest BCUT2D eigenvalue weighted by Crippen LogP contribution is -1.90. The van der Waals surface area contributed by atoms with Crippen LogP contribution in [0.3, 0.4) is 0 Å². The van der Waals surface area contributed by atoms with Crippen LogP contribution in [0.25, 0.3) is 11.1 Å². The maximum atomic E-state index is 10.7. The van der Waals surface area contributed by atoms with Gasteiger partial charge in [0.05, 0.1) is 5.69 Å². The van der Waals surface area contributed by atoms with Gasteiger partial charge in [-0.15, -0.1) is 0 Å². The number of aryl methyl sites for hydroxylation is 1. The molecule has 0 saturated heterocycles. The van der Waals surface area contributed by atoms with E-state index in [1.54, 1.807) is 0 Å². The minimum absolute atomic E-state index is 0.698. The fourth-order valence-electron chi connectivity index (χ4n) is 1.49. The van der Waals surface area contributed by atoms with Gasteiger partial charge >= 0.3 is 0 Å². The third-order valence-corrected chi connectivity index (χ3v) is 2.27. The van der Waals surface area contributed by atoms with Crippen molar-refractivity contribution in [1.82, 2.24) is 4.57 Å². The predicted molar refractivity (Wildman–Crippen MR) is 56.2 cm³/mol. The molecule has 0 saturated carbocycles. The highest BCUT2D eigenvalue weighted by Crippen LogP contribution is 2.20. The summed E-state index contributed by atoms with van der Waals surface area (Å²) in [5.41, 5.74) is 2.91. The Labute approximate surface area is 82.8 Å². The molecule has 70 valence electrons. The van der Waals surface area contributed by atoms with Crippen molar-refractivity contribution in [2.45, 2.75) is 0 Å². The molecule has 14 heavy (non-hydrogen) atoms. The molecular formula is C12H11NO. The number of nitrogens with zero attached hydrogens (tertiary/aromatic N) is 1. The monoisotopic (exact) mass is 185 g/mol. The third-order valence-electron chi connectivity index (χ3n) is 2.27. The van der Waals surface area contributed by atoms with Crippen LogP contribution in [0.5, 0.6) is 0 Å². The number of carbonyl (C=O) groups is 1. The van der Waals surface area contributed by atoms with Gasteiger partial charge in [0.1, 0.15) is 0 Å². The summed E-state index contributed by atoms with van der Waals surface area (Å²) in [7, 11) is 1.87. The molecule has 0 aliphatic carbocycles. The summed E-state index contributed by atoms with van der Waals surface area (Å²) in [4.78, 5) is 10.7. The lowest BCUT2D eigenvalue weighted by Gasteiger charge is -1.94. The molecule has 0 amide bonds. The van der Waals surface area contributed by atoms with E-state index < -0.39 is 0 Å². The zero-order valence-corrected chi connectivity index (χ0v) is 7.97. The van der Waals surface area contributed by atoms with E-state index in [2.05, 4.69) is 0 Å². The number of aldehydes is 1. The van der Waals surface area contributed by atoms with Crippen molar-refractivity contribution in [3.63, 3.8) is 0 Å². The van der Waals surface area contributed by atoms with Crippen LogP contribution >= 0.6 is 0 Å². The van der Waals surface area contributed by atoms with Crippen LogP contribution in [0.2, 0.25) is 0 Å². The van der Waals surface area contributed by atoms with Crippen molar-refractivity contribution in [1.29, 1.82) is 0 Å². The Hall–Kier alpha value is -1.83. The highest BCUT2D eigenvalue weighted by atomic mass is 16.1. The zero-order valence-electron chi connectivity index (χ0n) is 7.97. The topological polar surface area (TPSA) is 22.0 Å². The molecule has 0 bridgehead atoms. The van der Waals surface area contributed by atoms with E-state index >= 15 is 0 Å². The molecule has 0 atom stereocenters. The molecule has 0 spiro atoms. The summed E-state index contributed by atoms with van der Waals surface area (Å²) in [6.07, 6.45) is 2.82. The van der Waals surface area contributed by atoms with Crippen molar-refractivity contribution < 1.29 is 4.79 Å². The fourth-order valence-corrected chi connectivity index (χ4v) is 1.49. The van der Waals surface area contributed by atoms with Crippen molar-refractivity contribution in [3.8, 4) is 11.1 Å². The minimum atomic E-state index is 0.698. The second-order valence-corrected chi connectivity index (χ2v) is 3.25. The number of aromatic nitrogens is 1. The van der Waals surface area contributed by atoms with Gasteiger partial charge in [-0.3, -0.25) is 4.79 Å². The Morgan fingerprint density at radius 2 is 1.86 bits per heavy atom. The van der Waals surface area contributed by atoms with E-state index in [0.717, 1.165) is 17.4 Å². The van der Waals surface area contributed by atoms with Gasteiger partial charge in [0, 0.05) is 18.8 Å². The SMILES string of the molecule is Cn1cc(-c2ccccc2)cc1C=O. The van der Waals surface area contributed by atoms with Crippen LogP contribution in [0, 0.1) is 0 Å². The predicted octanol–water partition coefficient (Wildman–Crippen LogP) is 2.50. The quantitative estimate of drug-likeness (QED) is 0.659. The Morgan fingerprint density at radius 3 is 2.43 bits per heavy atom. The van der Waals surface area contributed by atoms with Gasteiger partial charge < -0.3 is 4.57 Å². The summed E-state index contributed by atoms with van der Waals surface area (Å²) < 4.78 is 1.83. The van der Waals surface area contributed by atoms with E-state index in [1.165, 1.54) is 0 Å². The molecule has 0 fully saturated rings. The average molecular weight is 185 g/mol. The van der Waals surface area contributed by atoms with E-state index in [9.17, 15) is 4.79 Å². The van der Waals surface area contributed by atoms with Crippen LogP contribution < -0.4 is 0 Å². The van der Waals surface area contributed by atoms with Gasteiger partial charge in [-0.2, -0.15) is 0 Å². The van der Waals surface area contributed by atoms with Gasteiger partial charge in [-0.05, 0) is 11.6 Å². The van der Waals surface area contributed by atoms with Crippen LogP contribution in [0.15, 0.2) is 42.6 Å². The Morgan fingerprint density at radius 1 is 1.14 bits per heavy atom.